The third kappa shape index (κ3) is 4.50. The Morgan fingerprint density at radius 3 is 1.98 bits per heavy atom. The molecule has 4 aliphatic carbocycles. The minimum Gasteiger partial charge on any atom is -0.248 e. The largest absolute Gasteiger partial charge is 0.248 e. The Hall–Kier alpha value is -7.09. The monoisotopic (exact) mass is 735 g/mol. The van der Waals surface area contributed by atoms with Gasteiger partial charge in [0.25, 0.3) is 0 Å². The minimum absolute atomic E-state index is 0.997. The molecule has 1 heteroatoms. The van der Waals surface area contributed by atoms with E-state index in [9.17, 15) is 0 Å². The Morgan fingerprint density at radius 1 is 0.431 bits per heavy atom. The van der Waals surface area contributed by atoms with E-state index < -0.39 is 0 Å². The van der Waals surface area contributed by atoms with Crippen LogP contribution in [-0.2, 0) is 0 Å². The van der Waals surface area contributed by atoms with Crippen LogP contribution >= 0.6 is 0 Å². The predicted molar refractivity (Wildman–Crippen MR) is 244 cm³/mol. The van der Waals surface area contributed by atoms with Crippen LogP contribution in [0.2, 0.25) is 0 Å². The fourth-order valence-corrected chi connectivity index (χ4v) is 10.9. The first kappa shape index (κ1) is 32.0. The Kier molecular flexibility index (Phi) is 6.74. The molecule has 0 bridgehead atoms. The van der Waals surface area contributed by atoms with Gasteiger partial charge in [-0.15, -0.1) is 0 Å². The fraction of sp³-hybridized carbons (Fsp3) is 0.0702. The van der Waals surface area contributed by atoms with E-state index in [4.69, 9.17) is 4.98 Å². The van der Waals surface area contributed by atoms with Crippen LogP contribution in [0.3, 0.4) is 0 Å². The smallest absolute Gasteiger partial charge is 0.0709 e. The van der Waals surface area contributed by atoms with Gasteiger partial charge in [0.05, 0.1) is 11.2 Å². The van der Waals surface area contributed by atoms with Gasteiger partial charge in [-0.3, -0.25) is 0 Å². The van der Waals surface area contributed by atoms with Gasteiger partial charge in [0.2, 0.25) is 0 Å². The molecule has 0 atom stereocenters. The third-order valence-electron chi connectivity index (χ3n) is 13.3. The van der Waals surface area contributed by atoms with Crippen molar-refractivity contribution in [3.8, 4) is 44.6 Å². The molecule has 0 unspecified atom stereocenters. The number of allylic oxidation sites excluding steroid dienone is 4. The van der Waals surface area contributed by atoms with E-state index >= 15 is 0 Å². The number of benzene rings is 8. The molecule has 1 nitrogen and oxygen atoms in total. The zero-order chi connectivity index (χ0) is 37.9. The second-order valence-electron chi connectivity index (χ2n) is 16.3. The van der Waals surface area contributed by atoms with Crippen molar-refractivity contribution in [1.82, 2.24) is 4.98 Å². The van der Waals surface area contributed by atoms with E-state index in [1.807, 2.05) is 0 Å². The Labute approximate surface area is 337 Å². The molecule has 0 saturated carbocycles. The third-order valence-corrected chi connectivity index (χ3v) is 13.3. The van der Waals surface area contributed by atoms with Crippen LogP contribution in [-0.4, -0.2) is 4.98 Å². The normalized spacial score (nSPS) is 14.8. The molecule has 0 N–H and O–H groups in total. The summed E-state index contributed by atoms with van der Waals surface area (Å²) in [6.45, 7) is 0. The van der Waals surface area contributed by atoms with Crippen molar-refractivity contribution < 1.29 is 0 Å². The van der Waals surface area contributed by atoms with Crippen molar-refractivity contribution in [3.05, 3.63) is 203 Å². The van der Waals surface area contributed by atoms with Crippen molar-refractivity contribution in [2.45, 2.75) is 25.7 Å². The van der Waals surface area contributed by atoms with Crippen molar-refractivity contribution in [2.75, 3.05) is 0 Å². The van der Waals surface area contributed by atoms with Gasteiger partial charge in [-0.2, -0.15) is 0 Å². The Balaban J connectivity index is 1.09. The molecule has 4 aliphatic rings. The average molecular weight is 736 g/mol. The summed E-state index contributed by atoms with van der Waals surface area (Å²) in [5.74, 6) is 0. The number of pyridine rings is 1. The SMILES string of the molecule is C1=C(c2ccc3c4c2=CCCC=4c2c-3c(-c3ccccc3)c3ccc(-c4ccc5ccccc5n4)cc3c2-c2ccccc2)CCC2=C1c1cccc3cccc2c13. The molecule has 9 aromatic rings. The van der Waals surface area contributed by atoms with E-state index in [0.29, 0.717) is 0 Å². The van der Waals surface area contributed by atoms with Gasteiger partial charge in [0.1, 0.15) is 0 Å². The van der Waals surface area contributed by atoms with E-state index in [-0.39, 0.29) is 0 Å². The number of para-hydroxylation sites is 1. The molecule has 0 fully saturated rings. The van der Waals surface area contributed by atoms with E-state index in [1.165, 1.54) is 110 Å². The van der Waals surface area contributed by atoms with Crippen LogP contribution in [0.15, 0.2) is 170 Å². The first-order valence-corrected chi connectivity index (χ1v) is 20.7. The molecule has 58 heavy (non-hydrogen) atoms. The molecular weight excluding hydrogens is 699 g/mol. The number of rotatable bonds is 4. The van der Waals surface area contributed by atoms with Gasteiger partial charge in [-0.1, -0.05) is 158 Å². The van der Waals surface area contributed by atoms with Gasteiger partial charge in [-0.25, -0.2) is 4.98 Å². The van der Waals surface area contributed by atoms with Crippen LogP contribution in [0.1, 0.15) is 47.9 Å². The van der Waals surface area contributed by atoms with Gasteiger partial charge in [-0.05, 0) is 154 Å². The maximum absolute atomic E-state index is 5.17. The van der Waals surface area contributed by atoms with Crippen LogP contribution in [0.4, 0.5) is 0 Å². The highest BCUT2D eigenvalue weighted by Crippen LogP contribution is 2.53. The zero-order valence-corrected chi connectivity index (χ0v) is 32.0. The van der Waals surface area contributed by atoms with E-state index in [0.717, 1.165) is 47.8 Å². The molecule has 0 amide bonds. The van der Waals surface area contributed by atoms with Crippen molar-refractivity contribution in [3.63, 3.8) is 0 Å². The predicted octanol–water partition coefficient (Wildman–Crippen LogP) is 13.4. The molecule has 0 radical (unpaired) electrons. The topological polar surface area (TPSA) is 12.9 Å². The molecule has 270 valence electrons. The van der Waals surface area contributed by atoms with Crippen molar-refractivity contribution >= 4 is 60.8 Å². The lowest BCUT2D eigenvalue weighted by atomic mass is 9.81. The summed E-state index contributed by atoms with van der Waals surface area (Å²) in [4.78, 5) is 5.17. The summed E-state index contributed by atoms with van der Waals surface area (Å²) in [5.41, 5.74) is 22.6. The van der Waals surface area contributed by atoms with E-state index in [2.05, 4.69) is 176 Å². The molecular formula is C57H37N. The molecule has 1 heterocycles. The van der Waals surface area contributed by atoms with Crippen molar-refractivity contribution in [2.24, 2.45) is 0 Å². The van der Waals surface area contributed by atoms with Gasteiger partial charge in [0, 0.05) is 10.9 Å². The highest BCUT2D eigenvalue weighted by molar-refractivity contribution is 6.20. The quantitative estimate of drug-likeness (QED) is 0.175. The number of aromatic nitrogens is 1. The molecule has 0 aliphatic heterocycles. The summed E-state index contributed by atoms with van der Waals surface area (Å²) >= 11 is 0. The van der Waals surface area contributed by atoms with Crippen molar-refractivity contribution in [1.29, 1.82) is 0 Å². The van der Waals surface area contributed by atoms with Gasteiger partial charge >= 0.3 is 0 Å². The second kappa shape index (κ2) is 12.2. The second-order valence-corrected chi connectivity index (χ2v) is 16.3. The average Bonchev–Trinajstić information content (AvgIpc) is 3.80. The molecule has 0 spiro atoms. The highest BCUT2D eigenvalue weighted by Gasteiger charge is 2.33. The van der Waals surface area contributed by atoms with Crippen LogP contribution in [0.25, 0.3) is 105 Å². The fourth-order valence-electron chi connectivity index (χ4n) is 10.9. The van der Waals surface area contributed by atoms with Gasteiger partial charge in [0.15, 0.2) is 0 Å². The zero-order valence-electron chi connectivity index (χ0n) is 32.0. The van der Waals surface area contributed by atoms with Gasteiger partial charge < -0.3 is 0 Å². The van der Waals surface area contributed by atoms with Crippen LogP contribution in [0, 0.1) is 0 Å². The maximum Gasteiger partial charge on any atom is 0.0709 e. The summed E-state index contributed by atoms with van der Waals surface area (Å²) in [5, 5.41) is 9.34. The standard InChI is InChI=1S/C57H37N/c1-3-13-36(14-4-1)53-45-28-25-39(51-31-26-34-12-7-8-23-50(34)58-51)33-49(45)54(37-15-5-2-6-16-37)56-46-22-11-21-42-40(29-30-47(55(42)46)57(53)56)38-24-27-41-43-19-9-17-35-18-10-20-44(52(35)43)48(41)32-38/h1-10,12-21,23,25-26,28-33H,11,22,24,27H2. The molecule has 0 saturated heterocycles. The summed E-state index contributed by atoms with van der Waals surface area (Å²) in [6.07, 6.45) is 9.25. The Morgan fingerprint density at radius 2 is 1.16 bits per heavy atom. The summed E-state index contributed by atoms with van der Waals surface area (Å²) < 4.78 is 0. The number of nitrogens with zero attached hydrogens (tertiary/aromatic N) is 1. The first-order chi connectivity index (χ1) is 28.8. The lowest BCUT2D eigenvalue weighted by Gasteiger charge is -2.22. The van der Waals surface area contributed by atoms with E-state index in [1.54, 1.807) is 0 Å². The molecule has 13 rings (SSSR count). The van der Waals surface area contributed by atoms with Crippen LogP contribution < -0.4 is 10.4 Å². The lowest BCUT2D eigenvalue weighted by molar-refractivity contribution is 1.06. The highest BCUT2D eigenvalue weighted by atomic mass is 14.7. The summed E-state index contributed by atoms with van der Waals surface area (Å²) in [6, 6.07) is 60.7. The lowest BCUT2D eigenvalue weighted by Crippen LogP contribution is -2.32. The molecule has 1 aromatic heterocycles. The first-order valence-electron chi connectivity index (χ1n) is 20.7. The number of hydrogen-bond donors (Lipinski definition) is 0. The maximum atomic E-state index is 5.17. The Bertz CT molecular complexity index is 3470. The summed E-state index contributed by atoms with van der Waals surface area (Å²) in [7, 11) is 0. The number of fused-ring (bicyclic) bond motifs is 7. The van der Waals surface area contributed by atoms with Crippen LogP contribution in [0.5, 0.6) is 0 Å². The molecule has 8 aromatic carbocycles. The number of hydrogen-bond acceptors (Lipinski definition) is 1. The minimum atomic E-state index is 0.997.